The zero-order chi connectivity index (χ0) is 17.7. The van der Waals surface area contributed by atoms with Gasteiger partial charge in [0.2, 0.25) is 0 Å². The molecule has 0 aromatic heterocycles. The first-order valence-electron chi connectivity index (χ1n) is 7.05. The fourth-order valence-corrected chi connectivity index (χ4v) is 2.27. The zero-order valence-corrected chi connectivity index (χ0v) is 14.2. The predicted molar refractivity (Wildman–Crippen MR) is 90.7 cm³/mol. The molecule has 0 radical (unpaired) electrons. The van der Waals surface area contributed by atoms with E-state index in [1.807, 2.05) is 0 Å². The number of hydrogen-bond acceptors (Lipinski definition) is 3. The molecule has 24 heavy (non-hydrogen) atoms. The van der Waals surface area contributed by atoms with Crippen molar-refractivity contribution >= 4 is 40.8 Å². The Morgan fingerprint density at radius 1 is 1.21 bits per heavy atom. The van der Waals surface area contributed by atoms with Gasteiger partial charge in [0.05, 0.1) is 17.1 Å². The summed E-state index contributed by atoms with van der Waals surface area (Å²) in [4.78, 5) is 23.9. The van der Waals surface area contributed by atoms with Crippen LogP contribution in [0.15, 0.2) is 42.5 Å². The van der Waals surface area contributed by atoms with E-state index in [0.29, 0.717) is 21.3 Å². The maximum Gasteiger partial charge on any atom is 0.311 e. The van der Waals surface area contributed by atoms with Crippen molar-refractivity contribution in [3.8, 4) is 0 Å². The Balaban J connectivity index is 1.93. The first-order valence-corrected chi connectivity index (χ1v) is 7.80. The summed E-state index contributed by atoms with van der Waals surface area (Å²) in [6.07, 6.45) is -1.17. The normalized spacial score (nSPS) is 11.7. The molecule has 1 atom stereocenters. The van der Waals surface area contributed by atoms with Crippen molar-refractivity contribution in [1.82, 2.24) is 0 Å². The van der Waals surface area contributed by atoms with Gasteiger partial charge in [-0.25, -0.2) is 4.39 Å². The standard InChI is InChI=1S/C17H14Cl2FNO3/c1-10(17(23)21-15-9-12(18)5-6-14(15)19)24-16(22)8-11-3-2-4-13(20)7-11/h2-7,9-10H,8H2,1H3,(H,21,23)/t10-/m1/s1. The van der Waals surface area contributed by atoms with E-state index >= 15 is 0 Å². The van der Waals surface area contributed by atoms with E-state index in [1.54, 1.807) is 18.2 Å². The van der Waals surface area contributed by atoms with Gasteiger partial charge in [0.25, 0.3) is 5.91 Å². The highest BCUT2D eigenvalue weighted by atomic mass is 35.5. The van der Waals surface area contributed by atoms with E-state index in [1.165, 1.54) is 31.2 Å². The lowest BCUT2D eigenvalue weighted by atomic mass is 10.1. The van der Waals surface area contributed by atoms with Gasteiger partial charge in [-0.1, -0.05) is 35.3 Å². The molecule has 0 saturated carbocycles. The van der Waals surface area contributed by atoms with E-state index in [-0.39, 0.29) is 6.42 Å². The molecule has 0 heterocycles. The van der Waals surface area contributed by atoms with Crippen LogP contribution in [-0.2, 0) is 20.7 Å². The fraction of sp³-hybridized carbons (Fsp3) is 0.176. The summed E-state index contributed by atoms with van der Waals surface area (Å²) in [6, 6.07) is 10.2. The zero-order valence-electron chi connectivity index (χ0n) is 12.7. The van der Waals surface area contributed by atoms with Gasteiger partial charge in [-0.15, -0.1) is 0 Å². The van der Waals surface area contributed by atoms with Crippen LogP contribution in [0.5, 0.6) is 0 Å². The van der Waals surface area contributed by atoms with Gasteiger partial charge < -0.3 is 10.1 Å². The molecule has 0 aliphatic rings. The fourth-order valence-electron chi connectivity index (χ4n) is 1.93. The number of benzene rings is 2. The molecule has 0 aliphatic heterocycles. The number of ether oxygens (including phenoxy) is 1. The van der Waals surface area contributed by atoms with E-state index in [0.717, 1.165) is 0 Å². The smallest absolute Gasteiger partial charge is 0.311 e. The van der Waals surface area contributed by atoms with Crippen LogP contribution in [0.4, 0.5) is 10.1 Å². The van der Waals surface area contributed by atoms with Crippen LogP contribution >= 0.6 is 23.2 Å². The summed E-state index contributed by atoms with van der Waals surface area (Å²) in [5.74, 6) is -1.63. The summed E-state index contributed by atoms with van der Waals surface area (Å²) < 4.78 is 18.1. The highest BCUT2D eigenvalue weighted by Crippen LogP contribution is 2.25. The van der Waals surface area contributed by atoms with E-state index < -0.39 is 23.8 Å². The molecule has 0 fully saturated rings. The molecule has 0 spiro atoms. The maximum absolute atomic E-state index is 13.1. The van der Waals surface area contributed by atoms with E-state index in [2.05, 4.69) is 5.32 Å². The average molecular weight is 370 g/mol. The van der Waals surface area contributed by atoms with Crippen LogP contribution in [0, 0.1) is 5.82 Å². The van der Waals surface area contributed by atoms with Crippen molar-refractivity contribution in [3.05, 3.63) is 63.9 Å². The second-order valence-corrected chi connectivity index (χ2v) is 5.90. The third-order valence-electron chi connectivity index (χ3n) is 3.10. The maximum atomic E-state index is 13.1. The minimum Gasteiger partial charge on any atom is -0.452 e. The van der Waals surface area contributed by atoms with Crippen molar-refractivity contribution in [2.75, 3.05) is 5.32 Å². The van der Waals surface area contributed by atoms with Crippen LogP contribution in [0.1, 0.15) is 12.5 Å². The monoisotopic (exact) mass is 369 g/mol. The second-order valence-electron chi connectivity index (χ2n) is 5.05. The van der Waals surface area contributed by atoms with Gasteiger partial charge in [-0.2, -0.15) is 0 Å². The average Bonchev–Trinajstić information content (AvgIpc) is 2.50. The molecule has 0 unspecified atom stereocenters. The minimum atomic E-state index is -1.04. The summed E-state index contributed by atoms with van der Waals surface area (Å²) >= 11 is 11.8. The number of amides is 1. The molecule has 0 bridgehead atoms. The number of hydrogen-bond donors (Lipinski definition) is 1. The van der Waals surface area contributed by atoms with Crippen molar-refractivity contribution < 1.29 is 18.7 Å². The van der Waals surface area contributed by atoms with Crippen molar-refractivity contribution in [3.63, 3.8) is 0 Å². The number of carbonyl (C=O) groups is 2. The third kappa shape index (κ3) is 5.22. The van der Waals surface area contributed by atoms with Crippen molar-refractivity contribution in [2.45, 2.75) is 19.4 Å². The number of nitrogens with one attached hydrogen (secondary N) is 1. The highest BCUT2D eigenvalue weighted by molar-refractivity contribution is 6.35. The molecule has 2 aromatic carbocycles. The Bertz CT molecular complexity index is 767. The molecule has 2 aromatic rings. The van der Waals surface area contributed by atoms with Gasteiger partial charge in [-0.05, 0) is 42.8 Å². The van der Waals surface area contributed by atoms with Crippen LogP contribution in [0.3, 0.4) is 0 Å². The number of carbonyl (C=O) groups excluding carboxylic acids is 2. The summed E-state index contributed by atoms with van der Waals surface area (Å²) in [5.41, 5.74) is 0.785. The van der Waals surface area contributed by atoms with Crippen LogP contribution in [0.25, 0.3) is 0 Å². The second kappa shape index (κ2) is 8.13. The molecule has 4 nitrogen and oxygen atoms in total. The first-order chi connectivity index (χ1) is 11.3. The lowest BCUT2D eigenvalue weighted by Crippen LogP contribution is -2.30. The van der Waals surface area contributed by atoms with Crippen LogP contribution in [-0.4, -0.2) is 18.0 Å². The Kier molecular flexibility index (Phi) is 6.17. The van der Waals surface area contributed by atoms with Gasteiger partial charge in [-0.3, -0.25) is 9.59 Å². The summed E-state index contributed by atoms with van der Waals surface area (Å²) in [6.45, 7) is 1.43. The molecular weight excluding hydrogens is 356 g/mol. The Hall–Kier alpha value is -2.11. The van der Waals surface area contributed by atoms with Gasteiger partial charge in [0.1, 0.15) is 5.82 Å². The largest absolute Gasteiger partial charge is 0.452 e. The predicted octanol–water partition coefficient (Wildman–Crippen LogP) is 4.25. The molecule has 0 aliphatic carbocycles. The Morgan fingerprint density at radius 3 is 2.67 bits per heavy atom. The van der Waals surface area contributed by atoms with E-state index in [9.17, 15) is 14.0 Å². The topological polar surface area (TPSA) is 55.4 Å². The SMILES string of the molecule is C[C@@H](OC(=O)Cc1cccc(F)c1)C(=O)Nc1cc(Cl)ccc1Cl. The Morgan fingerprint density at radius 2 is 1.96 bits per heavy atom. The van der Waals surface area contributed by atoms with Crippen LogP contribution in [0.2, 0.25) is 10.0 Å². The number of halogens is 3. The van der Waals surface area contributed by atoms with Crippen LogP contribution < -0.4 is 5.32 Å². The van der Waals surface area contributed by atoms with Gasteiger partial charge >= 0.3 is 5.97 Å². The summed E-state index contributed by atoms with van der Waals surface area (Å²) in [5, 5.41) is 3.26. The molecule has 2 rings (SSSR count). The molecule has 0 saturated heterocycles. The molecule has 126 valence electrons. The van der Waals surface area contributed by atoms with Gasteiger partial charge in [0, 0.05) is 5.02 Å². The lowest BCUT2D eigenvalue weighted by Gasteiger charge is -2.14. The van der Waals surface area contributed by atoms with Gasteiger partial charge in [0.15, 0.2) is 6.10 Å². The number of rotatable bonds is 5. The van der Waals surface area contributed by atoms with Crippen molar-refractivity contribution in [2.24, 2.45) is 0 Å². The molecule has 1 amide bonds. The lowest BCUT2D eigenvalue weighted by molar-refractivity contribution is -0.152. The summed E-state index contributed by atoms with van der Waals surface area (Å²) in [7, 11) is 0. The minimum absolute atomic E-state index is 0.132. The molecular formula is C17H14Cl2FNO3. The quantitative estimate of drug-likeness (QED) is 0.801. The number of esters is 1. The highest BCUT2D eigenvalue weighted by Gasteiger charge is 2.19. The van der Waals surface area contributed by atoms with E-state index in [4.69, 9.17) is 27.9 Å². The molecule has 1 N–H and O–H groups in total. The third-order valence-corrected chi connectivity index (χ3v) is 3.67. The van der Waals surface area contributed by atoms with Crippen molar-refractivity contribution in [1.29, 1.82) is 0 Å². The number of anilines is 1. The Labute approximate surface area is 148 Å². The molecule has 7 heteroatoms. The first kappa shape index (κ1) is 18.2.